The zero-order valence-corrected chi connectivity index (χ0v) is 19.4. The van der Waals surface area contributed by atoms with Crippen LogP contribution in [-0.2, 0) is 4.79 Å². The SMILES string of the molecule is CC(C)c1ccc(NC(=O)CSc2nc3ccsc3c(=O)n2-c2cccc(Cl)c2)cc1. The first-order valence-electron chi connectivity index (χ1n) is 9.71. The van der Waals surface area contributed by atoms with Gasteiger partial charge in [-0.15, -0.1) is 11.3 Å². The Hall–Kier alpha value is -2.61. The summed E-state index contributed by atoms with van der Waals surface area (Å²) in [6, 6.07) is 16.7. The number of aromatic nitrogens is 2. The largest absolute Gasteiger partial charge is 0.325 e. The second kappa shape index (κ2) is 9.26. The van der Waals surface area contributed by atoms with Crippen molar-refractivity contribution in [1.29, 1.82) is 0 Å². The number of benzene rings is 2. The zero-order valence-electron chi connectivity index (χ0n) is 17.0. The molecule has 4 aromatic rings. The molecule has 4 rings (SSSR count). The second-order valence-electron chi connectivity index (χ2n) is 7.26. The van der Waals surface area contributed by atoms with E-state index in [2.05, 4.69) is 24.1 Å². The van der Waals surface area contributed by atoms with E-state index in [0.29, 0.717) is 32.0 Å². The summed E-state index contributed by atoms with van der Waals surface area (Å²) in [6.45, 7) is 4.25. The van der Waals surface area contributed by atoms with E-state index in [1.165, 1.54) is 33.2 Å². The topological polar surface area (TPSA) is 64.0 Å². The third kappa shape index (κ3) is 4.84. The lowest BCUT2D eigenvalue weighted by molar-refractivity contribution is -0.113. The summed E-state index contributed by atoms with van der Waals surface area (Å²) in [4.78, 5) is 30.3. The molecule has 0 bridgehead atoms. The van der Waals surface area contributed by atoms with Crippen molar-refractivity contribution in [2.24, 2.45) is 0 Å². The number of hydrogen-bond donors (Lipinski definition) is 1. The predicted octanol–water partition coefficient (Wildman–Crippen LogP) is 5.95. The molecule has 2 aromatic heterocycles. The number of carbonyl (C=O) groups is 1. The molecule has 0 aliphatic carbocycles. The summed E-state index contributed by atoms with van der Waals surface area (Å²) in [5.74, 6) is 0.385. The van der Waals surface area contributed by atoms with Crippen molar-refractivity contribution >= 4 is 56.5 Å². The van der Waals surface area contributed by atoms with Crippen LogP contribution in [0.25, 0.3) is 15.9 Å². The van der Waals surface area contributed by atoms with E-state index >= 15 is 0 Å². The van der Waals surface area contributed by atoms with Crippen molar-refractivity contribution in [1.82, 2.24) is 9.55 Å². The van der Waals surface area contributed by atoms with Crippen LogP contribution in [0.2, 0.25) is 5.02 Å². The van der Waals surface area contributed by atoms with E-state index < -0.39 is 0 Å². The first-order valence-corrected chi connectivity index (χ1v) is 12.0. The Morgan fingerprint density at radius 1 is 1.19 bits per heavy atom. The van der Waals surface area contributed by atoms with Crippen LogP contribution in [0, 0.1) is 0 Å². The lowest BCUT2D eigenvalue weighted by Gasteiger charge is -2.12. The van der Waals surface area contributed by atoms with Gasteiger partial charge in [0.25, 0.3) is 5.56 Å². The number of rotatable bonds is 6. The molecule has 0 radical (unpaired) electrons. The van der Waals surface area contributed by atoms with E-state index in [-0.39, 0.29) is 17.2 Å². The molecular weight excluding hydrogens is 450 g/mol. The number of carbonyl (C=O) groups excluding carboxylic acids is 1. The molecule has 0 aliphatic rings. The second-order valence-corrected chi connectivity index (χ2v) is 9.56. The number of amides is 1. The molecule has 1 N–H and O–H groups in total. The van der Waals surface area contributed by atoms with Gasteiger partial charge in [-0.05, 0) is 53.3 Å². The molecule has 0 aliphatic heterocycles. The van der Waals surface area contributed by atoms with E-state index in [9.17, 15) is 9.59 Å². The van der Waals surface area contributed by atoms with Crippen LogP contribution in [0.1, 0.15) is 25.3 Å². The van der Waals surface area contributed by atoms with E-state index in [0.717, 1.165) is 5.69 Å². The van der Waals surface area contributed by atoms with E-state index in [4.69, 9.17) is 11.6 Å². The number of nitrogens with zero attached hydrogens (tertiary/aromatic N) is 2. The number of nitrogens with one attached hydrogen (secondary N) is 1. The van der Waals surface area contributed by atoms with Gasteiger partial charge in [-0.1, -0.05) is 55.4 Å². The molecule has 2 heterocycles. The lowest BCUT2D eigenvalue weighted by atomic mass is 10.0. The normalized spacial score (nSPS) is 11.2. The van der Waals surface area contributed by atoms with Crippen LogP contribution in [0.5, 0.6) is 0 Å². The summed E-state index contributed by atoms with van der Waals surface area (Å²) in [5.41, 5.74) is 3.03. The van der Waals surface area contributed by atoms with Gasteiger partial charge in [0.15, 0.2) is 5.16 Å². The van der Waals surface area contributed by atoms with E-state index in [1.54, 1.807) is 24.3 Å². The highest BCUT2D eigenvalue weighted by Crippen LogP contribution is 2.25. The number of fused-ring (bicyclic) bond motifs is 1. The first-order chi connectivity index (χ1) is 14.9. The van der Waals surface area contributed by atoms with Crippen molar-refractivity contribution in [3.8, 4) is 5.69 Å². The highest BCUT2D eigenvalue weighted by atomic mass is 35.5. The van der Waals surface area contributed by atoms with Crippen LogP contribution in [-0.4, -0.2) is 21.2 Å². The number of thiophene rings is 1. The third-order valence-corrected chi connectivity index (χ3v) is 6.77. The Morgan fingerprint density at radius 2 is 1.97 bits per heavy atom. The van der Waals surface area contributed by atoms with Crippen molar-refractivity contribution in [2.75, 3.05) is 11.1 Å². The minimum absolute atomic E-state index is 0.120. The molecule has 5 nitrogen and oxygen atoms in total. The van der Waals surface area contributed by atoms with Gasteiger partial charge in [0, 0.05) is 10.7 Å². The Balaban J connectivity index is 1.58. The minimum Gasteiger partial charge on any atom is -0.325 e. The molecule has 158 valence electrons. The van der Waals surface area contributed by atoms with Crippen LogP contribution in [0.3, 0.4) is 0 Å². The van der Waals surface area contributed by atoms with Crippen molar-refractivity contribution in [3.05, 3.63) is 80.9 Å². The monoisotopic (exact) mass is 469 g/mol. The predicted molar refractivity (Wildman–Crippen MR) is 130 cm³/mol. The van der Waals surface area contributed by atoms with Gasteiger partial charge < -0.3 is 5.32 Å². The fourth-order valence-electron chi connectivity index (χ4n) is 3.11. The number of anilines is 1. The maximum Gasteiger partial charge on any atom is 0.276 e. The summed E-state index contributed by atoms with van der Waals surface area (Å²) in [5, 5.41) is 5.71. The van der Waals surface area contributed by atoms with E-state index in [1.807, 2.05) is 35.7 Å². The Bertz CT molecular complexity index is 1300. The van der Waals surface area contributed by atoms with Crippen molar-refractivity contribution in [3.63, 3.8) is 0 Å². The molecule has 8 heteroatoms. The molecule has 0 unspecified atom stereocenters. The fraction of sp³-hybridized carbons (Fsp3) is 0.174. The smallest absolute Gasteiger partial charge is 0.276 e. The van der Waals surface area contributed by atoms with Crippen molar-refractivity contribution < 1.29 is 4.79 Å². The van der Waals surface area contributed by atoms with Gasteiger partial charge in [0.2, 0.25) is 5.91 Å². The average Bonchev–Trinajstić information content (AvgIpc) is 3.22. The number of halogens is 1. The standard InChI is InChI=1S/C23H20ClN3O2S2/c1-14(2)15-6-8-17(9-7-15)25-20(28)13-31-23-26-19-10-11-30-21(19)22(29)27(23)18-5-3-4-16(24)12-18/h3-12,14H,13H2,1-2H3,(H,25,28). The summed E-state index contributed by atoms with van der Waals surface area (Å²) in [7, 11) is 0. The van der Waals surface area contributed by atoms with Crippen LogP contribution < -0.4 is 10.9 Å². The Kier molecular flexibility index (Phi) is 6.46. The van der Waals surface area contributed by atoms with Gasteiger partial charge in [-0.2, -0.15) is 0 Å². The van der Waals surface area contributed by atoms with Gasteiger partial charge in [-0.3, -0.25) is 14.2 Å². The van der Waals surface area contributed by atoms with Crippen LogP contribution >= 0.6 is 34.7 Å². The summed E-state index contributed by atoms with van der Waals surface area (Å²) >= 11 is 8.71. The lowest BCUT2D eigenvalue weighted by Crippen LogP contribution is -2.22. The molecular formula is C23H20ClN3O2S2. The minimum atomic E-state index is -0.172. The zero-order chi connectivity index (χ0) is 22.0. The van der Waals surface area contributed by atoms with Crippen LogP contribution in [0.4, 0.5) is 5.69 Å². The molecule has 1 amide bonds. The average molecular weight is 470 g/mol. The fourth-order valence-corrected chi connectivity index (χ4v) is 4.87. The first kappa shape index (κ1) is 21.6. The molecule has 0 fully saturated rings. The molecule has 2 aromatic carbocycles. The quantitative estimate of drug-likeness (QED) is 0.280. The number of thioether (sulfide) groups is 1. The molecule has 0 spiro atoms. The Labute approximate surface area is 193 Å². The van der Waals surface area contributed by atoms with Crippen LogP contribution in [0.15, 0.2) is 69.9 Å². The molecule has 0 atom stereocenters. The molecule has 0 saturated heterocycles. The summed E-state index contributed by atoms with van der Waals surface area (Å²) < 4.78 is 2.08. The highest BCUT2D eigenvalue weighted by molar-refractivity contribution is 7.99. The number of hydrogen-bond acceptors (Lipinski definition) is 5. The molecule has 31 heavy (non-hydrogen) atoms. The maximum absolute atomic E-state index is 13.1. The van der Waals surface area contributed by atoms with Gasteiger partial charge in [0.05, 0.1) is 17.0 Å². The van der Waals surface area contributed by atoms with Gasteiger partial charge in [0.1, 0.15) is 4.70 Å². The van der Waals surface area contributed by atoms with Gasteiger partial charge in [-0.25, -0.2) is 4.98 Å². The highest BCUT2D eigenvalue weighted by Gasteiger charge is 2.16. The van der Waals surface area contributed by atoms with Crippen molar-refractivity contribution in [2.45, 2.75) is 24.9 Å². The summed E-state index contributed by atoms with van der Waals surface area (Å²) in [6.07, 6.45) is 0. The maximum atomic E-state index is 13.1. The third-order valence-electron chi connectivity index (χ3n) is 4.71. The molecule has 0 saturated carbocycles. The Morgan fingerprint density at radius 3 is 2.68 bits per heavy atom. The van der Waals surface area contributed by atoms with Gasteiger partial charge >= 0.3 is 0 Å².